The number of aldehydes is 2. The van der Waals surface area contributed by atoms with Gasteiger partial charge in [-0.3, -0.25) is 0 Å². The molecule has 0 N–H and O–H groups in total. The summed E-state index contributed by atoms with van der Waals surface area (Å²) in [5.41, 5.74) is -1.14. The van der Waals surface area contributed by atoms with E-state index in [4.69, 9.17) is 9.47 Å². The number of rotatable bonds is 32. The molecule has 0 bridgehead atoms. The standard InChI is InChI=1S/C33H64O4/c1-3-5-7-9-11-13-15-17-19-21-23-25-27-36-31-33(29-34,30-35)32-37-28-26-24-22-20-18-16-14-12-10-8-6-4-2/h29-30H,3-28,31-32H2,1-2H3. The maximum atomic E-state index is 11.6. The molecule has 4 heteroatoms. The highest BCUT2D eigenvalue weighted by atomic mass is 16.5. The zero-order valence-corrected chi connectivity index (χ0v) is 25.1. The molecule has 0 aliphatic carbocycles. The molecular formula is C33H64O4. The third-order valence-corrected chi connectivity index (χ3v) is 7.50. The van der Waals surface area contributed by atoms with Gasteiger partial charge in [0, 0.05) is 13.2 Å². The van der Waals surface area contributed by atoms with Crippen LogP contribution in [0.5, 0.6) is 0 Å². The van der Waals surface area contributed by atoms with E-state index in [1.54, 1.807) is 0 Å². The van der Waals surface area contributed by atoms with Crippen LogP contribution in [0, 0.1) is 5.41 Å². The third-order valence-electron chi connectivity index (χ3n) is 7.50. The lowest BCUT2D eigenvalue weighted by molar-refractivity contribution is -0.135. The van der Waals surface area contributed by atoms with E-state index in [1.807, 2.05) is 0 Å². The molecule has 0 aromatic heterocycles. The van der Waals surface area contributed by atoms with Crippen LogP contribution in [0.1, 0.15) is 168 Å². The molecule has 0 fully saturated rings. The van der Waals surface area contributed by atoms with Gasteiger partial charge in [-0.2, -0.15) is 0 Å². The first-order valence-electron chi connectivity index (χ1n) is 16.3. The predicted molar refractivity (Wildman–Crippen MR) is 158 cm³/mol. The van der Waals surface area contributed by atoms with Crippen molar-refractivity contribution in [1.82, 2.24) is 0 Å². The molecular weight excluding hydrogens is 460 g/mol. The highest BCUT2D eigenvalue weighted by Crippen LogP contribution is 2.16. The number of ether oxygens (including phenoxy) is 2. The van der Waals surface area contributed by atoms with Crippen molar-refractivity contribution in [2.45, 2.75) is 168 Å². The Morgan fingerprint density at radius 1 is 0.405 bits per heavy atom. The van der Waals surface area contributed by atoms with Crippen molar-refractivity contribution >= 4 is 12.6 Å². The van der Waals surface area contributed by atoms with Crippen molar-refractivity contribution in [3.63, 3.8) is 0 Å². The van der Waals surface area contributed by atoms with E-state index in [0.29, 0.717) is 25.8 Å². The average Bonchev–Trinajstić information content (AvgIpc) is 2.92. The zero-order valence-electron chi connectivity index (χ0n) is 25.1. The topological polar surface area (TPSA) is 52.6 Å². The molecule has 0 radical (unpaired) electrons. The highest BCUT2D eigenvalue weighted by molar-refractivity contribution is 5.84. The van der Waals surface area contributed by atoms with Crippen LogP contribution in [-0.4, -0.2) is 39.0 Å². The molecule has 0 aromatic rings. The number of carbonyl (C=O) groups excluding carboxylic acids is 2. The Hall–Kier alpha value is -0.740. The Bertz CT molecular complexity index is 423. The van der Waals surface area contributed by atoms with Crippen molar-refractivity contribution in [2.75, 3.05) is 26.4 Å². The number of unbranched alkanes of at least 4 members (excludes halogenated alkanes) is 22. The van der Waals surface area contributed by atoms with Crippen LogP contribution in [0.2, 0.25) is 0 Å². The molecule has 37 heavy (non-hydrogen) atoms. The largest absolute Gasteiger partial charge is 0.380 e. The molecule has 0 saturated heterocycles. The normalized spacial score (nSPS) is 11.7. The van der Waals surface area contributed by atoms with Gasteiger partial charge in [-0.1, -0.05) is 155 Å². The van der Waals surface area contributed by atoms with Gasteiger partial charge < -0.3 is 19.1 Å². The summed E-state index contributed by atoms with van der Waals surface area (Å²) in [4.78, 5) is 23.2. The van der Waals surface area contributed by atoms with E-state index in [1.165, 1.54) is 128 Å². The Morgan fingerprint density at radius 3 is 0.892 bits per heavy atom. The van der Waals surface area contributed by atoms with Gasteiger partial charge in [-0.25, -0.2) is 0 Å². The summed E-state index contributed by atoms with van der Waals surface area (Å²) in [5, 5.41) is 0. The van der Waals surface area contributed by atoms with Gasteiger partial charge in [0.1, 0.15) is 18.0 Å². The minimum Gasteiger partial charge on any atom is -0.380 e. The monoisotopic (exact) mass is 524 g/mol. The Balaban J connectivity index is 3.55. The van der Waals surface area contributed by atoms with Gasteiger partial charge in [0.2, 0.25) is 0 Å². The second-order valence-electron chi connectivity index (χ2n) is 11.4. The molecule has 0 aliphatic rings. The molecule has 0 atom stereocenters. The van der Waals surface area contributed by atoms with Crippen LogP contribution in [0.4, 0.5) is 0 Å². The fourth-order valence-corrected chi connectivity index (χ4v) is 4.82. The number of carbonyl (C=O) groups is 2. The molecule has 0 aromatic carbocycles. The predicted octanol–water partition coefficient (Wildman–Crippen LogP) is 9.81. The van der Waals surface area contributed by atoms with Gasteiger partial charge in [0.25, 0.3) is 0 Å². The molecule has 0 aliphatic heterocycles. The van der Waals surface area contributed by atoms with E-state index in [0.717, 1.165) is 25.7 Å². The summed E-state index contributed by atoms with van der Waals surface area (Å²) in [6.45, 7) is 6.02. The SMILES string of the molecule is CCCCCCCCCCCCCCOCC(C=O)(C=O)COCCCCCCCCCCCCCC. The lowest BCUT2D eigenvalue weighted by Gasteiger charge is -2.21. The molecule has 0 heterocycles. The van der Waals surface area contributed by atoms with E-state index in [9.17, 15) is 9.59 Å². The average molecular weight is 525 g/mol. The molecule has 4 nitrogen and oxygen atoms in total. The van der Waals surface area contributed by atoms with Crippen LogP contribution >= 0.6 is 0 Å². The first-order valence-corrected chi connectivity index (χ1v) is 16.3. The van der Waals surface area contributed by atoms with E-state index < -0.39 is 5.41 Å². The molecule has 0 rings (SSSR count). The van der Waals surface area contributed by atoms with Gasteiger partial charge >= 0.3 is 0 Å². The van der Waals surface area contributed by atoms with Crippen molar-refractivity contribution in [1.29, 1.82) is 0 Å². The Labute approximate surface area is 231 Å². The van der Waals surface area contributed by atoms with Crippen LogP contribution in [0.25, 0.3) is 0 Å². The first kappa shape index (κ1) is 36.3. The molecule has 0 spiro atoms. The van der Waals surface area contributed by atoms with Crippen molar-refractivity contribution < 1.29 is 19.1 Å². The molecule has 0 unspecified atom stereocenters. The smallest absolute Gasteiger partial charge is 0.137 e. The third kappa shape index (κ3) is 25.3. The van der Waals surface area contributed by atoms with E-state index >= 15 is 0 Å². The highest BCUT2D eigenvalue weighted by Gasteiger charge is 2.30. The molecule has 0 amide bonds. The maximum absolute atomic E-state index is 11.6. The Morgan fingerprint density at radius 2 is 0.649 bits per heavy atom. The Kier molecular flexibility index (Phi) is 29.2. The summed E-state index contributed by atoms with van der Waals surface area (Å²) in [5.74, 6) is 0. The van der Waals surface area contributed by atoms with Crippen LogP contribution in [-0.2, 0) is 19.1 Å². The van der Waals surface area contributed by atoms with E-state index in [2.05, 4.69) is 13.8 Å². The lowest BCUT2D eigenvalue weighted by atomic mass is 9.94. The molecule has 220 valence electrons. The minimum atomic E-state index is -1.14. The van der Waals surface area contributed by atoms with Crippen molar-refractivity contribution in [3.8, 4) is 0 Å². The quantitative estimate of drug-likeness (QED) is 0.0499. The van der Waals surface area contributed by atoms with Gasteiger partial charge in [0.15, 0.2) is 0 Å². The van der Waals surface area contributed by atoms with Crippen molar-refractivity contribution in [2.24, 2.45) is 5.41 Å². The van der Waals surface area contributed by atoms with Gasteiger partial charge in [-0.05, 0) is 12.8 Å². The summed E-state index contributed by atoms with van der Waals surface area (Å²) < 4.78 is 11.4. The number of hydrogen-bond donors (Lipinski definition) is 0. The summed E-state index contributed by atoms with van der Waals surface area (Å²) in [6, 6.07) is 0. The minimum absolute atomic E-state index is 0.135. The van der Waals surface area contributed by atoms with Crippen LogP contribution in [0.15, 0.2) is 0 Å². The van der Waals surface area contributed by atoms with E-state index in [-0.39, 0.29) is 13.2 Å². The van der Waals surface area contributed by atoms with Crippen molar-refractivity contribution in [3.05, 3.63) is 0 Å². The summed E-state index contributed by atoms with van der Waals surface area (Å²) >= 11 is 0. The summed E-state index contributed by atoms with van der Waals surface area (Å²) in [7, 11) is 0. The second kappa shape index (κ2) is 29.8. The number of hydrogen-bond acceptors (Lipinski definition) is 4. The maximum Gasteiger partial charge on any atom is 0.137 e. The first-order chi connectivity index (χ1) is 18.2. The molecule has 0 saturated carbocycles. The summed E-state index contributed by atoms with van der Waals surface area (Å²) in [6.07, 6.45) is 32.8. The van der Waals surface area contributed by atoms with Crippen LogP contribution in [0.3, 0.4) is 0 Å². The lowest BCUT2D eigenvalue weighted by Crippen LogP contribution is -2.36. The van der Waals surface area contributed by atoms with Gasteiger partial charge in [-0.15, -0.1) is 0 Å². The van der Waals surface area contributed by atoms with Crippen LogP contribution < -0.4 is 0 Å². The zero-order chi connectivity index (χ0) is 27.1. The fraction of sp³-hybridized carbons (Fsp3) is 0.939. The fourth-order valence-electron chi connectivity index (χ4n) is 4.82. The van der Waals surface area contributed by atoms with Gasteiger partial charge in [0.05, 0.1) is 13.2 Å². The second-order valence-corrected chi connectivity index (χ2v) is 11.4.